The van der Waals surface area contributed by atoms with Crippen LogP contribution >= 0.6 is 0 Å². The molecule has 0 bridgehead atoms. The molecule has 0 radical (unpaired) electrons. The van der Waals surface area contributed by atoms with Gasteiger partial charge in [0.25, 0.3) is 10.1 Å². The van der Waals surface area contributed by atoms with Crippen molar-refractivity contribution in [2.45, 2.75) is 89.4 Å². The van der Waals surface area contributed by atoms with Gasteiger partial charge in [-0.25, -0.2) is 0 Å². The smallest absolute Gasteiger partial charge is 0.270 e. The fourth-order valence-corrected chi connectivity index (χ4v) is 3.31. The third kappa shape index (κ3) is 9.41. The molecule has 0 rings (SSSR count). The van der Waals surface area contributed by atoms with Gasteiger partial charge in [-0.1, -0.05) is 65.2 Å². The van der Waals surface area contributed by atoms with Crippen LogP contribution < -0.4 is 0 Å². The van der Waals surface area contributed by atoms with Gasteiger partial charge in [-0.2, -0.15) is 8.42 Å². The van der Waals surface area contributed by atoms with Crippen LogP contribution in [0.5, 0.6) is 0 Å². The highest BCUT2D eigenvalue weighted by Gasteiger charge is 2.28. The highest BCUT2D eigenvalue weighted by molar-refractivity contribution is 7.86. The molecule has 0 aliphatic rings. The van der Waals surface area contributed by atoms with Gasteiger partial charge < -0.3 is 5.11 Å². The van der Waals surface area contributed by atoms with E-state index in [1.807, 2.05) is 0 Å². The van der Waals surface area contributed by atoms with Crippen molar-refractivity contribution in [2.75, 3.05) is 0 Å². The summed E-state index contributed by atoms with van der Waals surface area (Å²) in [5.74, 6) is 0. The lowest BCUT2D eigenvalue weighted by Gasteiger charge is -2.18. The Morgan fingerprint density at radius 1 is 0.895 bits per heavy atom. The zero-order chi connectivity index (χ0) is 14.7. The zero-order valence-corrected chi connectivity index (χ0v) is 13.2. The first-order chi connectivity index (χ1) is 8.93. The van der Waals surface area contributed by atoms with Crippen molar-refractivity contribution in [3.8, 4) is 0 Å². The molecular weight excluding hydrogens is 264 g/mol. The first-order valence-electron chi connectivity index (χ1n) is 7.57. The number of hydrogen-bond donors (Lipinski definition) is 2. The van der Waals surface area contributed by atoms with E-state index < -0.39 is 21.5 Å². The van der Waals surface area contributed by atoms with Crippen molar-refractivity contribution >= 4 is 10.1 Å². The number of rotatable bonds is 12. The molecule has 0 saturated heterocycles. The highest BCUT2D eigenvalue weighted by atomic mass is 32.2. The molecule has 0 aromatic carbocycles. The lowest BCUT2D eigenvalue weighted by Crippen LogP contribution is -2.33. The second-order valence-electron chi connectivity index (χ2n) is 5.29. The summed E-state index contributed by atoms with van der Waals surface area (Å²) in [7, 11) is -4.12. The van der Waals surface area contributed by atoms with Crippen LogP contribution in [0.2, 0.25) is 0 Å². The number of unbranched alkanes of at least 4 members (excludes halogenated alkanes) is 7. The molecule has 2 N–H and O–H groups in total. The van der Waals surface area contributed by atoms with Crippen molar-refractivity contribution < 1.29 is 18.1 Å². The number of hydrogen-bond acceptors (Lipinski definition) is 3. The molecule has 0 spiro atoms. The van der Waals surface area contributed by atoms with Gasteiger partial charge in [-0.05, 0) is 12.8 Å². The van der Waals surface area contributed by atoms with Gasteiger partial charge in [-0.15, -0.1) is 0 Å². The Morgan fingerprint density at radius 2 is 1.37 bits per heavy atom. The first kappa shape index (κ1) is 18.9. The van der Waals surface area contributed by atoms with Gasteiger partial charge in [0.05, 0.1) is 6.10 Å². The van der Waals surface area contributed by atoms with E-state index in [0.29, 0.717) is 6.42 Å². The fraction of sp³-hybridized carbons (Fsp3) is 1.00. The SMILES string of the molecule is CCCCCCCCCCC(O)C(CC)S(=O)(=O)O. The van der Waals surface area contributed by atoms with Gasteiger partial charge in [0, 0.05) is 0 Å². The summed E-state index contributed by atoms with van der Waals surface area (Å²) in [5.41, 5.74) is 0. The van der Waals surface area contributed by atoms with E-state index in [4.69, 9.17) is 4.55 Å². The summed E-state index contributed by atoms with van der Waals surface area (Å²) >= 11 is 0. The summed E-state index contributed by atoms with van der Waals surface area (Å²) in [5, 5.41) is 8.75. The molecule has 5 heteroatoms. The molecule has 2 unspecified atom stereocenters. The maximum Gasteiger partial charge on any atom is 0.270 e. The fourth-order valence-electron chi connectivity index (χ4n) is 2.35. The highest BCUT2D eigenvalue weighted by Crippen LogP contribution is 2.16. The van der Waals surface area contributed by atoms with Gasteiger partial charge in [-0.3, -0.25) is 4.55 Å². The Hall–Kier alpha value is -0.130. The molecule has 0 aliphatic carbocycles. The lowest BCUT2D eigenvalue weighted by molar-refractivity contribution is 0.149. The number of aliphatic hydroxyl groups excluding tert-OH is 1. The zero-order valence-electron chi connectivity index (χ0n) is 12.3. The molecule has 0 heterocycles. The standard InChI is InChI=1S/C14H30O4S/c1-3-5-6-7-8-9-10-11-12-13(15)14(4-2)19(16,17)18/h13-15H,3-12H2,1-2H3,(H,16,17,18). The Balaban J connectivity index is 3.65. The summed E-state index contributed by atoms with van der Waals surface area (Å²) < 4.78 is 31.1. The summed E-state index contributed by atoms with van der Waals surface area (Å²) in [4.78, 5) is 0. The van der Waals surface area contributed by atoms with E-state index in [2.05, 4.69) is 6.92 Å². The molecule has 0 aliphatic heterocycles. The minimum atomic E-state index is -4.12. The van der Waals surface area contributed by atoms with Crippen LogP contribution in [-0.4, -0.2) is 29.4 Å². The van der Waals surface area contributed by atoms with Crippen LogP contribution in [0.3, 0.4) is 0 Å². The van der Waals surface area contributed by atoms with Crippen molar-refractivity contribution in [1.29, 1.82) is 0 Å². The van der Waals surface area contributed by atoms with Crippen molar-refractivity contribution in [1.82, 2.24) is 0 Å². The van der Waals surface area contributed by atoms with Crippen LogP contribution in [0, 0.1) is 0 Å². The van der Waals surface area contributed by atoms with Crippen LogP contribution in [0.1, 0.15) is 78.1 Å². The normalized spacial score (nSPS) is 15.4. The van der Waals surface area contributed by atoms with Crippen LogP contribution in [-0.2, 0) is 10.1 Å². The Bertz CT molecular complexity index is 301. The van der Waals surface area contributed by atoms with Crippen molar-refractivity contribution in [2.24, 2.45) is 0 Å². The summed E-state index contributed by atoms with van der Waals surface area (Å²) in [6.45, 7) is 3.86. The van der Waals surface area contributed by atoms with E-state index in [1.165, 1.54) is 32.1 Å². The molecule has 0 fully saturated rings. The molecule has 0 amide bonds. The quantitative estimate of drug-likeness (QED) is 0.426. The summed E-state index contributed by atoms with van der Waals surface area (Å²) in [6.07, 6.45) is 9.05. The van der Waals surface area contributed by atoms with Gasteiger partial charge in [0.1, 0.15) is 5.25 Å². The average Bonchev–Trinajstić information content (AvgIpc) is 2.31. The van der Waals surface area contributed by atoms with Gasteiger partial charge in [0.15, 0.2) is 0 Å². The van der Waals surface area contributed by atoms with E-state index in [-0.39, 0.29) is 6.42 Å². The molecule has 0 aromatic rings. The Kier molecular flexibility index (Phi) is 10.6. The molecule has 0 aromatic heterocycles. The third-order valence-electron chi connectivity index (χ3n) is 3.57. The Labute approximate surface area is 118 Å². The molecule has 4 nitrogen and oxygen atoms in total. The third-order valence-corrected chi connectivity index (χ3v) is 4.98. The maximum absolute atomic E-state index is 11.0. The van der Waals surface area contributed by atoms with Crippen LogP contribution in [0.15, 0.2) is 0 Å². The van der Waals surface area contributed by atoms with Gasteiger partial charge in [0.2, 0.25) is 0 Å². The van der Waals surface area contributed by atoms with E-state index in [1.54, 1.807) is 6.92 Å². The van der Waals surface area contributed by atoms with Crippen molar-refractivity contribution in [3.63, 3.8) is 0 Å². The van der Waals surface area contributed by atoms with Gasteiger partial charge >= 0.3 is 0 Å². The maximum atomic E-state index is 11.0. The van der Waals surface area contributed by atoms with E-state index in [9.17, 15) is 13.5 Å². The minimum absolute atomic E-state index is 0.247. The molecule has 19 heavy (non-hydrogen) atoms. The minimum Gasteiger partial charge on any atom is -0.392 e. The van der Waals surface area contributed by atoms with Crippen molar-refractivity contribution in [3.05, 3.63) is 0 Å². The monoisotopic (exact) mass is 294 g/mol. The molecule has 116 valence electrons. The van der Waals surface area contributed by atoms with E-state index >= 15 is 0 Å². The average molecular weight is 294 g/mol. The largest absolute Gasteiger partial charge is 0.392 e. The second kappa shape index (κ2) is 10.6. The molecular formula is C14H30O4S. The molecule has 2 atom stereocenters. The molecule has 0 saturated carbocycles. The predicted octanol–water partition coefficient (Wildman–Crippen LogP) is 3.54. The van der Waals surface area contributed by atoms with Crippen LogP contribution in [0.4, 0.5) is 0 Å². The Morgan fingerprint density at radius 3 is 1.79 bits per heavy atom. The number of aliphatic hydroxyl groups is 1. The summed E-state index contributed by atoms with van der Waals surface area (Å²) in [6, 6.07) is 0. The predicted molar refractivity (Wildman–Crippen MR) is 78.9 cm³/mol. The van der Waals surface area contributed by atoms with E-state index in [0.717, 1.165) is 19.3 Å². The van der Waals surface area contributed by atoms with Crippen LogP contribution in [0.25, 0.3) is 0 Å². The second-order valence-corrected chi connectivity index (χ2v) is 6.93. The lowest BCUT2D eigenvalue weighted by atomic mass is 10.0. The first-order valence-corrected chi connectivity index (χ1v) is 9.08. The topological polar surface area (TPSA) is 74.6 Å².